The molecule has 0 aliphatic rings. The normalized spacial score (nSPS) is 11.7. The van der Waals surface area contributed by atoms with E-state index in [2.05, 4.69) is 4.74 Å². The van der Waals surface area contributed by atoms with E-state index in [0.29, 0.717) is 6.42 Å². The molecule has 1 atom stereocenters. The summed E-state index contributed by atoms with van der Waals surface area (Å²) in [5.74, 6) is -0.627. The minimum absolute atomic E-state index is 0.0608. The lowest BCUT2D eigenvalue weighted by Gasteiger charge is -2.06. The van der Waals surface area contributed by atoms with Crippen LogP contribution in [0.3, 0.4) is 0 Å². The van der Waals surface area contributed by atoms with E-state index in [-0.39, 0.29) is 18.1 Å². The molecule has 0 fully saturated rings. The van der Waals surface area contributed by atoms with Crippen molar-refractivity contribution in [3.63, 3.8) is 0 Å². The molecule has 0 aromatic carbocycles. The highest BCUT2D eigenvalue weighted by Gasteiger charge is 2.15. The Morgan fingerprint density at radius 1 is 1.36 bits per heavy atom. The number of ketones is 1. The van der Waals surface area contributed by atoms with Crippen molar-refractivity contribution in [1.29, 1.82) is 0 Å². The standard InChI is InChI=1S/C11H18O3/c1-8(2)5-6-9(3)10(12)7-11(13)14-4/h5,9H,6-7H2,1-4H3/t9-/m1/s1. The van der Waals surface area contributed by atoms with Gasteiger partial charge in [0.1, 0.15) is 12.2 Å². The molecule has 0 unspecified atom stereocenters. The molecule has 0 aromatic heterocycles. The van der Waals surface area contributed by atoms with Gasteiger partial charge in [-0.2, -0.15) is 0 Å². The third kappa shape index (κ3) is 5.51. The highest BCUT2D eigenvalue weighted by Crippen LogP contribution is 2.09. The molecule has 0 N–H and O–H groups in total. The molecule has 0 saturated carbocycles. The van der Waals surface area contributed by atoms with Gasteiger partial charge in [-0.15, -0.1) is 0 Å². The van der Waals surface area contributed by atoms with Crippen LogP contribution in [0, 0.1) is 5.92 Å². The SMILES string of the molecule is COC(=O)CC(=O)[C@H](C)CC=C(C)C. The van der Waals surface area contributed by atoms with E-state index < -0.39 is 5.97 Å². The third-order valence-electron chi connectivity index (χ3n) is 1.98. The monoisotopic (exact) mass is 198 g/mol. The van der Waals surface area contributed by atoms with Gasteiger partial charge in [0.25, 0.3) is 0 Å². The van der Waals surface area contributed by atoms with Crippen LogP contribution in [-0.4, -0.2) is 18.9 Å². The average Bonchev–Trinajstić information content (AvgIpc) is 2.13. The van der Waals surface area contributed by atoms with E-state index in [4.69, 9.17) is 0 Å². The number of hydrogen-bond donors (Lipinski definition) is 0. The zero-order chi connectivity index (χ0) is 11.1. The number of methoxy groups -OCH3 is 1. The molecule has 0 amide bonds. The van der Waals surface area contributed by atoms with Gasteiger partial charge in [0.05, 0.1) is 7.11 Å². The smallest absolute Gasteiger partial charge is 0.313 e. The van der Waals surface area contributed by atoms with Crippen LogP contribution >= 0.6 is 0 Å². The Balaban J connectivity index is 4.00. The number of carbonyl (C=O) groups excluding carboxylic acids is 2. The van der Waals surface area contributed by atoms with E-state index in [0.717, 1.165) is 0 Å². The Hall–Kier alpha value is -1.12. The molecule has 80 valence electrons. The summed E-state index contributed by atoms with van der Waals surface area (Å²) in [5.41, 5.74) is 1.18. The molecule has 0 aromatic rings. The van der Waals surface area contributed by atoms with Crippen molar-refractivity contribution < 1.29 is 14.3 Å². The van der Waals surface area contributed by atoms with Gasteiger partial charge in [-0.1, -0.05) is 18.6 Å². The molecule has 0 spiro atoms. The first-order valence-electron chi connectivity index (χ1n) is 4.70. The molecule has 0 heterocycles. The summed E-state index contributed by atoms with van der Waals surface area (Å²) in [4.78, 5) is 22.2. The van der Waals surface area contributed by atoms with Crippen LogP contribution in [-0.2, 0) is 14.3 Å². The first-order valence-corrected chi connectivity index (χ1v) is 4.70. The van der Waals surface area contributed by atoms with Crippen LogP contribution in [0.1, 0.15) is 33.6 Å². The third-order valence-corrected chi connectivity index (χ3v) is 1.98. The molecule has 0 radical (unpaired) electrons. The predicted octanol–water partition coefficient (Wildman–Crippen LogP) is 2.11. The van der Waals surface area contributed by atoms with Crippen molar-refractivity contribution in [1.82, 2.24) is 0 Å². The van der Waals surface area contributed by atoms with Crippen LogP contribution in [0.2, 0.25) is 0 Å². The molecule has 0 bridgehead atoms. The average molecular weight is 198 g/mol. The summed E-state index contributed by atoms with van der Waals surface area (Å²) < 4.78 is 4.42. The minimum Gasteiger partial charge on any atom is -0.469 e. The maximum absolute atomic E-state index is 11.4. The van der Waals surface area contributed by atoms with E-state index in [1.165, 1.54) is 12.7 Å². The Kier molecular flexibility index (Phi) is 5.84. The highest BCUT2D eigenvalue weighted by atomic mass is 16.5. The van der Waals surface area contributed by atoms with Crippen molar-refractivity contribution in [2.75, 3.05) is 7.11 Å². The van der Waals surface area contributed by atoms with Gasteiger partial charge < -0.3 is 4.74 Å². The first-order chi connectivity index (χ1) is 6.47. The quantitative estimate of drug-likeness (QED) is 0.386. The molecule has 0 aliphatic heterocycles. The van der Waals surface area contributed by atoms with Crippen LogP contribution < -0.4 is 0 Å². The fraction of sp³-hybridized carbons (Fsp3) is 0.636. The topological polar surface area (TPSA) is 43.4 Å². The largest absolute Gasteiger partial charge is 0.469 e. The number of carbonyl (C=O) groups is 2. The zero-order valence-corrected chi connectivity index (χ0v) is 9.29. The molecule has 3 nitrogen and oxygen atoms in total. The summed E-state index contributed by atoms with van der Waals surface area (Å²) in [6, 6.07) is 0. The van der Waals surface area contributed by atoms with E-state index in [1.54, 1.807) is 0 Å². The maximum atomic E-state index is 11.4. The molecule has 0 rings (SSSR count). The van der Waals surface area contributed by atoms with Gasteiger partial charge in [0, 0.05) is 5.92 Å². The van der Waals surface area contributed by atoms with Gasteiger partial charge in [0.2, 0.25) is 0 Å². The van der Waals surface area contributed by atoms with E-state index in [1.807, 2.05) is 26.8 Å². The van der Waals surface area contributed by atoms with Crippen molar-refractivity contribution in [2.45, 2.75) is 33.6 Å². The lowest BCUT2D eigenvalue weighted by atomic mass is 9.99. The number of ether oxygens (including phenoxy) is 1. The first kappa shape index (κ1) is 12.9. The summed E-state index contributed by atoms with van der Waals surface area (Å²) >= 11 is 0. The number of Topliss-reactive ketones (excluding diaryl/α,β-unsaturated/α-hetero) is 1. The van der Waals surface area contributed by atoms with Gasteiger partial charge in [-0.25, -0.2) is 0 Å². The van der Waals surface area contributed by atoms with Gasteiger partial charge in [-0.3, -0.25) is 9.59 Å². The lowest BCUT2D eigenvalue weighted by Crippen LogP contribution is -2.16. The Labute approximate surface area is 85.1 Å². The molecular formula is C11H18O3. The summed E-state index contributed by atoms with van der Waals surface area (Å²) in [6.45, 7) is 5.79. The second-order valence-corrected chi connectivity index (χ2v) is 3.64. The Morgan fingerprint density at radius 3 is 2.36 bits per heavy atom. The zero-order valence-electron chi connectivity index (χ0n) is 9.29. The molecular weight excluding hydrogens is 180 g/mol. The summed E-state index contributed by atoms with van der Waals surface area (Å²) in [5, 5.41) is 0. The van der Waals surface area contributed by atoms with Crippen molar-refractivity contribution in [3.05, 3.63) is 11.6 Å². The Bertz CT molecular complexity index is 237. The number of rotatable bonds is 5. The molecule has 3 heteroatoms. The molecule has 0 aliphatic carbocycles. The lowest BCUT2D eigenvalue weighted by molar-refractivity contribution is -0.144. The van der Waals surface area contributed by atoms with Gasteiger partial charge in [0.15, 0.2) is 0 Å². The van der Waals surface area contributed by atoms with Crippen molar-refractivity contribution in [3.8, 4) is 0 Å². The Morgan fingerprint density at radius 2 is 1.93 bits per heavy atom. The van der Waals surface area contributed by atoms with Gasteiger partial charge >= 0.3 is 5.97 Å². The second kappa shape index (κ2) is 6.35. The second-order valence-electron chi connectivity index (χ2n) is 3.64. The molecule has 14 heavy (non-hydrogen) atoms. The number of allylic oxidation sites excluding steroid dienone is 2. The van der Waals surface area contributed by atoms with Crippen molar-refractivity contribution in [2.24, 2.45) is 5.92 Å². The molecule has 0 saturated heterocycles. The number of esters is 1. The summed E-state index contributed by atoms with van der Waals surface area (Å²) in [6.07, 6.45) is 2.58. The summed E-state index contributed by atoms with van der Waals surface area (Å²) in [7, 11) is 1.29. The fourth-order valence-corrected chi connectivity index (χ4v) is 0.933. The van der Waals surface area contributed by atoms with E-state index in [9.17, 15) is 9.59 Å². The minimum atomic E-state index is -0.459. The van der Waals surface area contributed by atoms with Crippen LogP contribution in [0.4, 0.5) is 0 Å². The fourth-order valence-electron chi connectivity index (χ4n) is 0.933. The van der Waals surface area contributed by atoms with E-state index >= 15 is 0 Å². The van der Waals surface area contributed by atoms with Crippen LogP contribution in [0.15, 0.2) is 11.6 Å². The van der Waals surface area contributed by atoms with Gasteiger partial charge in [-0.05, 0) is 20.3 Å². The maximum Gasteiger partial charge on any atom is 0.313 e. The van der Waals surface area contributed by atoms with Crippen molar-refractivity contribution >= 4 is 11.8 Å². The van der Waals surface area contributed by atoms with Crippen LogP contribution in [0.5, 0.6) is 0 Å². The highest BCUT2D eigenvalue weighted by molar-refractivity contribution is 5.96. The predicted molar refractivity (Wildman–Crippen MR) is 54.9 cm³/mol. The number of hydrogen-bond acceptors (Lipinski definition) is 3. The van der Waals surface area contributed by atoms with Crippen LogP contribution in [0.25, 0.3) is 0 Å².